The van der Waals surface area contributed by atoms with Crippen molar-refractivity contribution in [3.63, 3.8) is 0 Å². The molecule has 25 heavy (non-hydrogen) atoms. The van der Waals surface area contributed by atoms with Gasteiger partial charge in [-0.25, -0.2) is 0 Å². The molecule has 2 unspecified atom stereocenters. The lowest BCUT2D eigenvalue weighted by molar-refractivity contribution is -0.150. The Morgan fingerprint density at radius 3 is 2.80 bits per heavy atom. The number of hydrogen-bond donors (Lipinski definition) is 3. The van der Waals surface area contributed by atoms with Gasteiger partial charge in [-0.05, 0) is 25.1 Å². The summed E-state index contributed by atoms with van der Waals surface area (Å²) in [7, 11) is 0. The summed E-state index contributed by atoms with van der Waals surface area (Å²) in [6, 6.07) is 6.53. The van der Waals surface area contributed by atoms with Crippen molar-refractivity contribution in [3.8, 4) is 0 Å². The van der Waals surface area contributed by atoms with Crippen molar-refractivity contribution < 1.29 is 24.2 Å². The number of nitrogens with one attached hydrogen (secondary N) is 1. The molecule has 0 radical (unpaired) electrons. The summed E-state index contributed by atoms with van der Waals surface area (Å²) >= 11 is 0. The number of ketones is 1. The number of carboxylic acid groups (broad SMARTS) is 1. The molecule has 0 amide bonds. The summed E-state index contributed by atoms with van der Waals surface area (Å²) in [6.45, 7) is 0.857. The van der Waals surface area contributed by atoms with Crippen LogP contribution in [0, 0.1) is 11.3 Å². The summed E-state index contributed by atoms with van der Waals surface area (Å²) in [5.41, 5.74) is 4.77. The lowest BCUT2D eigenvalue weighted by atomic mass is 9.72. The Labute approximate surface area is 144 Å². The SMILES string of the molecule is NCCOC(=O)C1(C2=Nc3ccccc3C(=O)C2C(=O)O)CCNC1. The molecule has 0 spiro atoms. The largest absolute Gasteiger partial charge is 0.480 e. The van der Waals surface area contributed by atoms with Gasteiger partial charge in [0.2, 0.25) is 0 Å². The third-order valence-electron chi connectivity index (χ3n) is 4.58. The normalized spacial score (nSPS) is 25.2. The van der Waals surface area contributed by atoms with E-state index >= 15 is 0 Å². The van der Waals surface area contributed by atoms with Gasteiger partial charge in [-0.2, -0.15) is 0 Å². The van der Waals surface area contributed by atoms with Crippen LogP contribution in [0.4, 0.5) is 5.69 Å². The van der Waals surface area contributed by atoms with Crippen LogP contribution >= 0.6 is 0 Å². The van der Waals surface area contributed by atoms with Crippen molar-refractivity contribution in [2.24, 2.45) is 22.1 Å². The van der Waals surface area contributed by atoms with E-state index in [0.29, 0.717) is 18.7 Å². The number of aliphatic carboxylic acids is 1. The third-order valence-corrected chi connectivity index (χ3v) is 4.58. The Kier molecular flexibility index (Phi) is 4.65. The number of Topliss-reactive ketones (excluding diaryl/α,β-unsaturated/α-hetero) is 1. The molecule has 3 rings (SSSR count). The van der Waals surface area contributed by atoms with Gasteiger partial charge in [-0.1, -0.05) is 12.1 Å². The zero-order valence-electron chi connectivity index (χ0n) is 13.5. The van der Waals surface area contributed by atoms with Gasteiger partial charge in [0, 0.05) is 18.7 Å². The molecule has 1 fully saturated rings. The van der Waals surface area contributed by atoms with Gasteiger partial charge in [0.15, 0.2) is 11.7 Å². The molecule has 8 nitrogen and oxygen atoms in total. The van der Waals surface area contributed by atoms with E-state index in [2.05, 4.69) is 10.3 Å². The molecule has 0 bridgehead atoms. The van der Waals surface area contributed by atoms with E-state index in [1.165, 1.54) is 0 Å². The number of fused-ring (bicyclic) bond motifs is 1. The summed E-state index contributed by atoms with van der Waals surface area (Å²) in [4.78, 5) is 41.7. The van der Waals surface area contributed by atoms with Crippen molar-refractivity contribution >= 4 is 29.1 Å². The fourth-order valence-electron chi connectivity index (χ4n) is 3.35. The topological polar surface area (TPSA) is 131 Å². The highest BCUT2D eigenvalue weighted by molar-refractivity contribution is 6.31. The van der Waals surface area contributed by atoms with E-state index in [1.54, 1.807) is 24.3 Å². The summed E-state index contributed by atoms with van der Waals surface area (Å²) in [5, 5.41) is 12.7. The van der Waals surface area contributed by atoms with Crippen molar-refractivity contribution in [3.05, 3.63) is 29.8 Å². The van der Waals surface area contributed by atoms with Gasteiger partial charge >= 0.3 is 11.9 Å². The molecule has 2 aliphatic heterocycles. The van der Waals surface area contributed by atoms with Crippen molar-refractivity contribution in [1.82, 2.24) is 5.32 Å². The highest BCUT2D eigenvalue weighted by Gasteiger charge is 2.54. The first-order chi connectivity index (χ1) is 12.0. The Balaban J connectivity index is 2.13. The second kappa shape index (κ2) is 6.73. The number of esters is 1. The van der Waals surface area contributed by atoms with E-state index in [9.17, 15) is 19.5 Å². The number of carbonyl (C=O) groups is 3. The zero-order chi connectivity index (χ0) is 18.0. The van der Waals surface area contributed by atoms with Crippen molar-refractivity contribution in [2.75, 3.05) is 26.2 Å². The number of carboxylic acids is 1. The van der Waals surface area contributed by atoms with Gasteiger partial charge in [0.1, 0.15) is 12.0 Å². The first-order valence-corrected chi connectivity index (χ1v) is 8.04. The van der Waals surface area contributed by atoms with E-state index in [-0.39, 0.29) is 31.0 Å². The van der Waals surface area contributed by atoms with Crippen LogP contribution in [-0.4, -0.2) is 54.8 Å². The van der Waals surface area contributed by atoms with Gasteiger partial charge in [-0.3, -0.25) is 19.4 Å². The Bertz CT molecular complexity index is 752. The molecular weight excluding hydrogens is 326 g/mol. The molecule has 132 valence electrons. The minimum absolute atomic E-state index is 0.0239. The van der Waals surface area contributed by atoms with E-state index in [1.807, 2.05) is 0 Å². The van der Waals surface area contributed by atoms with Gasteiger partial charge in [0.05, 0.1) is 11.4 Å². The molecule has 1 aromatic carbocycles. The third kappa shape index (κ3) is 2.83. The molecule has 0 aromatic heterocycles. The molecule has 1 saturated heterocycles. The molecule has 1 aromatic rings. The fraction of sp³-hybridized carbons (Fsp3) is 0.412. The van der Waals surface area contributed by atoms with E-state index in [4.69, 9.17) is 10.5 Å². The fourth-order valence-corrected chi connectivity index (χ4v) is 3.35. The molecule has 4 N–H and O–H groups in total. The number of benzene rings is 1. The number of ether oxygens (including phenoxy) is 1. The summed E-state index contributed by atoms with van der Waals surface area (Å²) in [5.74, 6) is -3.98. The lowest BCUT2D eigenvalue weighted by Gasteiger charge is -2.32. The van der Waals surface area contributed by atoms with Crippen LogP contribution in [0.25, 0.3) is 0 Å². The molecule has 0 saturated carbocycles. The highest BCUT2D eigenvalue weighted by atomic mass is 16.5. The van der Waals surface area contributed by atoms with Crippen LogP contribution in [-0.2, 0) is 14.3 Å². The number of nitrogens with zero attached hydrogens (tertiary/aromatic N) is 1. The monoisotopic (exact) mass is 345 g/mol. The minimum atomic E-state index is -1.50. The Morgan fingerprint density at radius 1 is 1.40 bits per heavy atom. The average molecular weight is 345 g/mol. The molecular formula is C17H19N3O5. The zero-order valence-corrected chi connectivity index (χ0v) is 13.5. The second-order valence-electron chi connectivity index (χ2n) is 6.08. The standard InChI is InChI=1S/C17H19N3O5/c18-6-8-25-16(24)17(5-7-19-9-17)14-12(15(22)23)13(21)10-3-1-2-4-11(10)20-14/h1-4,12,19H,5-9,18H2,(H,22,23). The van der Waals surface area contributed by atoms with Gasteiger partial charge in [-0.15, -0.1) is 0 Å². The predicted molar refractivity (Wildman–Crippen MR) is 88.9 cm³/mol. The lowest BCUT2D eigenvalue weighted by Crippen LogP contribution is -2.51. The second-order valence-corrected chi connectivity index (χ2v) is 6.08. The maximum absolute atomic E-state index is 12.7. The number of rotatable bonds is 5. The van der Waals surface area contributed by atoms with Crippen LogP contribution < -0.4 is 11.1 Å². The van der Waals surface area contributed by atoms with Crippen LogP contribution in [0.3, 0.4) is 0 Å². The van der Waals surface area contributed by atoms with Gasteiger partial charge < -0.3 is 20.9 Å². The van der Waals surface area contributed by atoms with Crippen molar-refractivity contribution in [1.29, 1.82) is 0 Å². The Hall–Kier alpha value is -2.58. The quantitative estimate of drug-likeness (QED) is 0.511. The molecule has 2 heterocycles. The first-order valence-electron chi connectivity index (χ1n) is 8.04. The first kappa shape index (κ1) is 17.2. The molecule has 2 aliphatic rings. The van der Waals surface area contributed by atoms with Gasteiger partial charge in [0.25, 0.3) is 0 Å². The maximum Gasteiger partial charge on any atom is 0.320 e. The molecule has 2 atom stereocenters. The van der Waals surface area contributed by atoms with E-state index in [0.717, 1.165) is 0 Å². The predicted octanol–water partition coefficient (Wildman–Crippen LogP) is 0.138. The van der Waals surface area contributed by atoms with Crippen molar-refractivity contribution in [2.45, 2.75) is 6.42 Å². The summed E-state index contributed by atoms with van der Waals surface area (Å²) < 4.78 is 5.19. The van der Waals surface area contributed by atoms with Crippen LogP contribution in [0.5, 0.6) is 0 Å². The number of nitrogens with two attached hydrogens (primary N) is 1. The minimum Gasteiger partial charge on any atom is -0.480 e. The molecule has 0 aliphatic carbocycles. The summed E-state index contributed by atoms with van der Waals surface area (Å²) in [6.07, 6.45) is 0.314. The number of para-hydroxylation sites is 1. The Morgan fingerprint density at radius 2 is 2.16 bits per heavy atom. The number of hydrogen-bond acceptors (Lipinski definition) is 7. The number of carbonyl (C=O) groups excluding carboxylic acids is 2. The number of aliphatic imine (C=N–C) groups is 1. The van der Waals surface area contributed by atoms with E-state index < -0.39 is 29.1 Å². The molecule has 8 heteroatoms. The highest BCUT2D eigenvalue weighted by Crippen LogP contribution is 2.39. The maximum atomic E-state index is 12.7. The smallest absolute Gasteiger partial charge is 0.320 e. The van der Waals surface area contributed by atoms with Crippen LogP contribution in [0.15, 0.2) is 29.3 Å². The average Bonchev–Trinajstić information content (AvgIpc) is 3.10. The van der Waals surface area contributed by atoms with Crippen LogP contribution in [0.2, 0.25) is 0 Å². The van der Waals surface area contributed by atoms with Crippen LogP contribution in [0.1, 0.15) is 16.8 Å².